The molecule has 1 saturated heterocycles. The molecule has 0 radical (unpaired) electrons. The summed E-state index contributed by atoms with van der Waals surface area (Å²) in [4.78, 5) is 29.6. The minimum Gasteiger partial charge on any atom is -0.468 e. The summed E-state index contributed by atoms with van der Waals surface area (Å²) in [7, 11) is 0. The lowest BCUT2D eigenvalue weighted by molar-refractivity contribution is 0.153. The van der Waals surface area contributed by atoms with Gasteiger partial charge in [-0.3, -0.25) is 19.2 Å². The van der Waals surface area contributed by atoms with E-state index in [1.165, 1.54) is 11.0 Å². The summed E-state index contributed by atoms with van der Waals surface area (Å²) in [6, 6.07) is 13.3. The fourth-order valence-corrected chi connectivity index (χ4v) is 4.00. The smallest absolute Gasteiger partial charge is 0.330 e. The zero-order valence-corrected chi connectivity index (χ0v) is 16.8. The molecule has 0 bridgehead atoms. The van der Waals surface area contributed by atoms with Crippen molar-refractivity contribution in [3.63, 3.8) is 0 Å². The van der Waals surface area contributed by atoms with Gasteiger partial charge >= 0.3 is 5.69 Å². The van der Waals surface area contributed by atoms with E-state index in [1.54, 1.807) is 6.26 Å². The van der Waals surface area contributed by atoms with Gasteiger partial charge in [0.25, 0.3) is 5.56 Å². The molecular weight excluding hydrogens is 382 g/mol. The fourth-order valence-electron chi connectivity index (χ4n) is 4.00. The number of aromatic amines is 1. The highest BCUT2D eigenvalue weighted by molar-refractivity contribution is 5.60. The zero-order chi connectivity index (χ0) is 20.9. The van der Waals surface area contributed by atoms with Crippen LogP contribution in [0.25, 0.3) is 0 Å². The van der Waals surface area contributed by atoms with Crippen LogP contribution in [-0.2, 0) is 6.54 Å². The number of hydrogen-bond donors (Lipinski definition) is 3. The first-order chi connectivity index (χ1) is 14.6. The molecule has 0 unspecified atom stereocenters. The minimum absolute atomic E-state index is 0.0198. The summed E-state index contributed by atoms with van der Waals surface area (Å²) >= 11 is 0. The van der Waals surface area contributed by atoms with Gasteiger partial charge in [0.1, 0.15) is 17.3 Å². The van der Waals surface area contributed by atoms with Crippen LogP contribution in [0.2, 0.25) is 0 Å². The van der Waals surface area contributed by atoms with Gasteiger partial charge in [0.15, 0.2) is 0 Å². The maximum absolute atomic E-state index is 12.5. The quantitative estimate of drug-likeness (QED) is 0.553. The monoisotopic (exact) mass is 409 g/mol. The van der Waals surface area contributed by atoms with Gasteiger partial charge in [0.2, 0.25) is 0 Å². The van der Waals surface area contributed by atoms with Crippen LogP contribution in [0.1, 0.15) is 36.6 Å². The first-order valence-electron chi connectivity index (χ1n) is 10.3. The average molecular weight is 409 g/mol. The van der Waals surface area contributed by atoms with Gasteiger partial charge in [-0.2, -0.15) is 0 Å². The number of likely N-dealkylation sites (tertiary alicyclic amines) is 1. The summed E-state index contributed by atoms with van der Waals surface area (Å²) in [6.07, 6.45) is 5.17. The molecule has 1 atom stereocenters. The molecule has 1 fully saturated rings. The fraction of sp³-hybridized carbons (Fsp3) is 0.364. The van der Waals surface area contributed by atoms with Crippen molar-refractivity contribution in [1.29, 1.82) is 0 Å². The molecule has 2 aromatic heterocycles. The number of anilines is 2. The number of hydrogen-bond acceptors (Lipinski definition) is 6. The van der Waals surface area contributed by atoms with Crippen molar-refractivity contribution in [3.05, 3.63) is 80.9 Å². The molecule has 8 nitrogen and oxygen atoms in total. The van der Waals surface area contributed by atoms with E-state index in [2.05, 4.69) is 15.2 Å². The Balaban J connectivity index is 1.59. The van der Waals surface area contributed by atoms with E-state index >= 15 is 0 Å². The van der Waals surface area contributed by atoms with Crippen molar-refractivity contribution in [2.24, 2.45) is 0 Å². The second-order valence-electron chi connectivity index (χ2n) is 7.60. The molecule has 8 heteroatoms. The lowest BCUT2D eigenvalue weighted by Crippen LogP contribution is -2.39. The Bertz CT molecular complexity index is 1070. The number of aromatic nitrogens is 2. The number of nitrogen functional groups attached to an aromatic ring is 1. The first kappa shape index (κ1) is 20.0. The van der Waals surface area contributed by atoms with Gasteiger partial charge in [-0.15, -0.1) is 0 Å². The van der Waals surface area contributed by atoms with E-state index in [0.717, 1.165) is 37.3 Å². The molecule has 1 aromatic carbocycles. The number of benzene rings is 1. The highest BCUT2D eigenvalue weighted by Gasteiger charge is 2.25. The molecule has 3 aromatic rings. The van der Waals surface area contributed by atoms with Crippen LogP contribution < -0.4 is 22.3 Å². The number of nitrogens with one attached hydrogen (secondary N) is 2. The third kappa shape index (κ3) is 4.33. The Morgan fingerprint density at radius 3 is 2.53 bits per heavy atom. The number of nitrogens with zero attached hydrogens (tertiary/aromatic N) is 2. The summed E-state index contributed by atoms with van der Waals surface area (Å²) in [5, 5.41) is 3.19. The number of rotatable bonds is 7. The third-order valence-corrected chi connectivity index (χ3v) is 5.60. The van der Waals surface area contributed by atoms with Crippen molar-refractivity contribution >= 4 is 11.5 Å². The second kappa shape index (κ2) is 9.04. The van der Waals surface area contributed by atoms with Crippen LogP contribution in [0.3, 0.4) is 0 Å². The Morgan fingerprint density at radius 1 is 1.07 bits per heavy atom. The molecule has 0 aliphatic carbocycles. The van der Waals surface area contributed by atoms with E-state index < -0.39 is 11.2 Å². The van der Waals surface area contributed by atoms with E-state index in [-0.39, 0.29) is 24.1 Å². The maximum Gasteiger partial charge on any atom is 0.330 e. The molecule has 3 heterocycles. The second-order valence-corrected chi connectivity index (χ2v) is 7.60. The van der Waals surface area contributed by atoms with Gasteiger partial charge in [-0.05, 0) is 43.6 Å². The van der Waals surface area contributed by atoms with Crippen LogP contribution in [0.4, 0.5) is 11.5 Å². The van der Waals surface area contributed by atoms with Crippen LogP contribution in [-0.4, -0.2) is 34.1 Å². The number of furan rings is 1. The van der Waals surface area contributed by atoms with Crippen molar-refractivity contribution < 1.29 is 4.42 Å². The number of H-pyrrole nitrogens is 1. The van der Waals surface area contributed by atoms with E-state index in [4.69, 9.17) is 10.2 Å². The highest BCUT2D eigenvalue weighted by atomic mass is 16.3. The lowest BCUT2D eigenvalue weighted by Gasteiger charge is -2.33. The summed E-state index contributed by atoms with van der Waals surface area (Å²) < 4.78 is 7.04. The van der Waals surface area contributed by atoms with E-state index in [1.807, 2.05) is 42.5 Å². The van der Waals surface area contributed by atoms with Gasteiger partial charge in [-0.1, -0.05) is 36.8 Å². The van der Waals surface area contributed by atoms with Crippen LogP contribution >= 0.6 is 0 Å². The Morgan fingerprint density at radius 2 is 1.83 bits per heavy atom. The van der Waals surface area contributed by atoms with Crippen molar-refractivity contribution in [2.45, 2.75) is 31.8 Å². The Labute approximate surface area is 174 Å². The van der Waals surface area contributed by atoms with E-state index in [0.29, 0.717) is 6.54 Å². The zero-order valence-electron chi connectivity index (χ0n) is 16.8. The third-order valence-electron chi connectivity index (χ3n) is 5.60. The topological polar surface area (TPSA) is 109 Å². The van der Waals surface area contributed by atoms with Crippen molar-refractivity contribution in [2.75, 3.05) is 30.7 Å². The minimum atomic E-state index is -0.523. The molecule has 0 spiro atoms. The normalized spacial score (nSPS) is 15.7. The van der Waals surface area contributed by atoms with Crippen molar-refractivity contribution in [1.82, 2.24) is 14.5 Å². The van der Waals surface area contributed by atoms with Gasteiger partial charge < -0.3 is 15.5 Å². The van der Waals surface area contributed by atoms with Crippen LogP contribution in [0.5, 0.6) is 0 Å². The summed E-state index contributed by atoms with van der Waals surface area (Å²) in [5.74, 6) is 0.974. The molecular formula is C22H27N5O3. The molecule has 1 aliphatic heterocycles. The number of piperidine rings is 1. The van der Waals surface area contributed by atoms with E-state index in [9.17, 15) is 9.59 Å². The van der Waals surface area contributed by atoms with Gasteiger partial charge in [-0.25, -0.2) is 4.79 Å². The summed E-state index contributed by atoms with van der Waals surface area (Å²) in [5.41, 5.74) is 6.35. The SMILES string of the molecule is Nc1c(NC[C@H](c2ccco2)N2CCCCC2)c(=O)[nH]c(=O)n1Cc1ccccc1. The molecule has 158 valence electrons. The van der Waals surface area contributed by atoms with Crippen LogP contribution in [0, 0.1) is 0 Å². The molecule has 4 N–H and O–H groups in total. The predicted octanol–water partition coefficient (Wildman–Crippen LogP) is 2.40. The molecule has 1 aliphatic rings. The largest absolute Gasteiger partial charge is 0.468 e. The molecule has 0 saturated carbocycles. The molecule has 4 rings (SSSR count). The lowest BCUT2D eigenvalue weighted by atomic mass is 10.1. The van der Waals surface area contributed by atoms with Crippen LogP contribution in [0.15, 0.2) is 62.7 Å². The predicted molar refractivity (Wildman–Crippen MR) is 117 cm³/mol. The Kier molecular flexibility index (Phi) is 6.04. The maximum atomic E-state index is 12.5. The first-order valence-corrected chi connectivity index (χ1v) is 10.3. The highest BCUT2D eigenvalue weighted by Crippen LogP contribution is 2.26. The molecule has 30 heavy (non-hydrogen) atoms. The number of nitrogens with two attached hydrogens (primary N) is 1. The average Bonchev–Trinajstić information content (AvgIpc) is 3.29. The summed E-state index contributed by atoms with van der Waals surface area (Å²) in [6.45, 7) is 2.69. The molecule has 0 amide bonds. The van der Waals surface area contributed by atoms with Gasteiger partial charge in [0, 0.05) is 6.54 Å². The Hall–Kier alpha value is -3.26. The van der Waals surface area contributed by atoms with Crippen molar-refractivity contribution in [3.8, 4) is 0 Å². The standard InChI is InChI=1S/C22H27N5O3/c23-20-19(21(28)25-22(29)27(20)15-16-8-3-1-4-9-16)24-14-17(18-10-7-13-30-18)26-11-5-2-6-12-26/h1,3-4,7-10,13,17,24H,2,5-6,11-12,14-15,23H2,(H,25,28,29)/t17-/m1/s1. The van der Waals surface area contributed by atoms with Gasteiger partial charge in [0.05, 0.1) is 18.8 Å².